The highest BCUT2D eigenvalue weighted by Crippen LogP contribution is 2.38. The summed E-state index contributed by atoms with van der Waals surface area (Å²) in [5.41, 5.74) is 2.90. The predicted molar refractivity (Wildman–Crippen MR) is 123 cm³/mol. The minimum atomic E-state index is -0.0449. The minimum Gasteiger partial charge on any atom is -0.493 e. The standard InChI is InChI=1S/C23H27N3O4S/c1-5-15-7-6-8-19-20(15)24-23(31-19)26-11-9-25(10-12-26)22(27)16-13-17(28-2)21(30-4)18(14-16)29-3/h6-8,13-14H,5,9-12H2,1-4H3. The summed E-state index contributed by atoms with van der Waals surface area (Å²) in [4.78, 5) is 22.2. The van der Waals surface area contributed by atoms with Crippen LogP contribution in [0, 0.1) is 0 Å². The lowest BCUT2D eigenvalue weighted by atomic mass is 10.1. The van der Waals surface area contributed by atoms with Crippen molar-refractivity contribution < 1.29 is 19.0 Å². The molecule has 4 rings (SSSR count). The van der Waals surface area contributed by atoms with Gasteiger partial charge in [-0.3, -0.25) is 4.79 Å². The molecule has 7 nitrogen and oxygen atoms in total. The molecule has 0 spiro atoms. The zero-order chi connectivity index (χ0) is 22.0. The van der Waals surface area contributed by atoms with Gasteiger partial charge < -0.3 is 24.0 Å². The quantitative estimate of drug-likeness (QED) is 0.579. The Bertz CT molecular complexity index is 1060. The van der Waals surface area contributed by atoms with E-state index in [4.69, 9.17) is 19.2 Å². The molecule has 1 aliphatic heterocycles. The van der Waals surface area contributed by atoms with Crippen molar-refractivity contribution in [3.8, 4) is 17.2 Å². The van der Waals surface area contributed by atoms with E-state index in [1.54, 1.807) is 44.8 Å². The van der Waals surface area contributed by atoms with Gasteiger partial charge in [0.25, 0.3) is 5.91 Å². The topological polar surface area (TPSA) is 64.1 Å². The number of nitrogens with zero attached hydrogens (tertiary/aromatic N) is 3. The Hall–Kier alpha value is -3.00. The van der Waals surface area contributed by atoms with Crippen LogP contribution in [0.2, 0.25) is 0 Å². The SMILES string of the molecule is CCc1cccc2sc(N3CCN(C(=O)c4cc(OC)c(OC)c(OC)c4)CC3)nc12. The summed E-state index contributed by atoms with van der Waals surface area (Å²) < 4.78 is 17.3. The van der Waals surface area contributed by atoms with E-state index in [1.807, 2.05) is 4.90 Å². The molecule has 1 saturated heterocycles. The summed E-state index contributed by atoms with van der Waals surface area (Å²) in [6.07, 6.45) is 0.970. The second-order valence-electron chi connectivity index (χ2n) is 7.31. The van der Waals surface area contributed by atoms with E-state index < -0.39 is 0 Å². The first-order valence-corrected chi connectivity index (χ1v) is 11.1. The summed E-state index contributed by atoms with van der Waals surface area (Å²) in [7, 11) is 4.64. The number of aromatic nitrogens is 1. The number of hydrogen-bond acceptors (Lipinski definition) is 7. The van der Waals surface area contributed by atoms with E-state index in [0.717, 1.165) is 30.2 Å². The number of fused-ring (bicyclic) bond motifs is 1. The van der Waals surface area contributed by atoms with Gasteiger partial charge >= 0.3 is 0 Å². The van der Waals surface area contributed by atoms with Crippen molar-refractivity contribution >= 4 is 32.6 Å². The Morgan fingerprint density at radius 3 is 2.29 bits per heavy atom. The summed E-state index contributed by atoms with van der Waals surface area (Å²) in [5, 5.41) is 1.02. The van der Waals surface area contributed by atoms with Crippen LogP contribution in [0.25, 0.3) is 10.2 Å². The van der Waals surface area contributed by atoms with Crippen LogP contribution >= 0.6 is 11.3 Å². The molecule has 8 heteroatoms. The average Bonchev–Trinajstić information content (AvgIpc) is 3.27. The first kappa shape index (κ1) is 21.2. The van der Waals surface area contributed by atoms with Gasteiger partial charge in [-0.1, -0.05) is 30.4 Å². The van der Waals surface area contributed by atoms with Crippen molar-refractivity contribution in [3.63, 3.8) is 0 Å². The molecule has 0 bridgehead atoms. The number of rotatable bonds is 6. The van der Waals surface area contributed by atoms with Crippen LogP contribution in [-0.4, -0.2) is 63.3 Å². The number of thiazole rings is 1. The Labute approximate surface area is 186 Å². The van der Waals surface area contributed by atoms with Crippen LogP contribution in [0.15, 0.2) is 30.3 Å². The maximum Gasteiger partial charge on any atom is 0.254 e. The first-order valence-electron chi connectivity index (χ1n) is 10.3. The molecule has 31 heavy (non-hydrogen) atoms. The molecule has 0 unspecified atom stereocenters. The lowest BCUT2D eigenvalue weighted by molar-refractivity contribution is 0.0746. The number of amides is 1. The molecule has 0 N–H and O–H groups in total. The fourth-order valence-corrected chi connectivity index (χ4v) is 4.97. The van der Waals surface area contributed by atoms with E-state index >= 15 is 0 Å². The molecule has 0 saturated carbocycles. The van der Waals surface area contributed by atoms with Gasteiger partial charge in [-0.05, 0) is 30.2 Å². The first-order chi connectivity index (χ1) is 15.1. The number of ether oxygens (including phenoxy) is 3. The van der Waals surface area contributed by atoms with E-state index in [9.17, 15) is 4.79 Å². The number of piperazine rings is 1. The fraction of sp³-hybridized carbons (Fsp3) is 0.391. The highest BCUT2D eigenvalue weighted by atomic mass is 32.1. The molecule has 2 aromatic carbocycles. The second kappa shape index (κ2) is 9.01. The van der Waals surface area contributed by atoms with Gasteiger partial charge in [-0.15, -0.1) is 0 Å². The Balaban J connectivity index is 1.49. The third-order valence-electron chi connectivity index (χ3n) is 5.62. The van der Waals surface area contributed by atoms with Crippen LogP contribution < -0.4 is 19.1 Å². The Kier molecular flexibility index (Phi) is 6.18. The molecule has 0 radical (unpaired) electrons. The van der Waals surface area contributed by atoms with Crippen molar-refractivity contribution in [2.45, 2.75) is 13.3 Å². The van der Waals surface area contributed by atoms with Gasteiger partial charge in [0.05, 0.1) is 31.5 Å². The van der Waals surface area contributed by atoms with Crippen LogP contribution in [0.5, 0.6) is 17.2 Å². The number of methoxy groups -OCH3 is 3. The van der Waals surface area contributed by atoms with Crippen molar-refractivity contribution in [1.29, 1.82) is 0 Å². The normalized spacial score (nSPS) is 14.1. The van der Waals surface area contributed by atoms with E-state index in [1.165, 1.54) is 10.3 Å². The summed E-state index contributed by atoms with van der Waals surface area (Å²) in [5.74, 6) is 1.39. The van der Waals surface area contributed by atoms with E-state index in [-0.39, 0.29) is 5.91 Å². The lowest BCUT2D eigenvalue weighted by Crippen LogP contribution is -2.48. The Morgan fingerprint density at radius 1 is 1.03 bits per heavy atom. The summed E-state index contributed by atoms with van der Waals surface area (Å²) in [6, 6.07) is 9.77. The lowest BCUT2D eigenvalue weighted by Gasteiger charge is -2.34. The molecular weight excluding hydrogens is 414 g/mol. The smallest absolute Gasteiger partial charge is 0.254 e. The molecule has 164 valence electrons. The number of carbonyl (C=O) groups excluding carboxylic acids is 1. The van der Waals surface area contributed by atoms with Gasteiger partial charge in [0, 0.05) is 31.7 Å². The van der Waals surface area contributed by atoms with Gasteiger partial charge in [0.2, 0.25) is 5.75 Å². The third kappa shape index (κ3) is 3.99. The van der Waals surface area contributed by atoms with Gasteiger partial charge in [0.1, 0.15) is 0 Å². The summed E-state index contributed by atoms with van der Waals surface area (Å²) in [6.45, 7) is 4.91. The number of anilines is 1. The van der Waals surface area contributed by atoms with Crippen molar-refractivity contribution in [3.05, 3.63) is 41.5 Å². The van der Waals surface area contributed by atoms with Crippen molar-refractivity contribution in [1.82, 2.24) is 9.88 Å². The third-order valence-corrected chi connectivity index (χ3v) is 6.70. The number of para-hydroxylation sites is 1. The molecule has 1 fully saturated rings. The van der Waals surface area contributed by atoms with Crippen molar-refractivity contribution in [2.24, 2.45) is 0 Å². The van der Waals surface area contributed by atoms with E-state index in [0.29, 0.717) is 35.9 Å². The molecule has 1 aromatic heterocycles. The average molecular weight is 442 g/mol. The van der Waals surface area contributed by atoms with Crippen LogP contribution in [0.3, 0.4) is 0 Å². The zero-order valence-electron chi connectivity index (χ0n) is 18.3. The summed E-state index contributed by atoms with van der Waals surface area (Å²) >= 11 is 1.72. The highest BCUT2D eigenvalue weighted by molar-refractivity contribution is 7.22. The molecule has 0 aliphatic carbocycles. The molecule has 0 atom stereocenters. The largest absolute Gasteiger partial charge is 0.493 e. The molecule has 2 heterocycles. The van der Waals surface area contributed by atoms with Crippen molar-refractivity contribution in [2.75, 3.05) is 52.4 Å². The van der Waals surface area contributed by atoms with Crippen LogP contribution in [0.1, 0.15) is 22.8 Å². The maximum atomic E-state index is 13.1. The van der Waals surface area contributed by atoms with Gasteiger partial charge in [-0.25, -0.2) is 4.98 Å². The number of hydrogen-bond donors (Lipinski definition) is 0. The molecule has 1 amide bonds. The second-order valence-corrected chi connectivity index (χ2v) is 8.32. The molecule has 3 aromatic rings. The number of aryl methyl sites for hydroxylation is 1. The number of benzene rings is 2. The van der Waals surface area contributed by atoms with E-state index in [2.05, 4.69) is 30.0 Å². The maximum absolute atomic E-state index is 13.1. The van der Waals surface area contributed by atoms with Gasteiger partial charge in [-0.2, -0.15) is 0 Å². The Morgan fingerprint density at radius 2 is 1.71 bits per heavy atom. The van der Waals surface area contributed by atoms with Crippen LogP contribution in [0.4, 0.5) is 5.13 Å². The zero-order valence-corrected chi connectivity index (χ0v) is 19.1. The molecular formula is C23H27N3O4S. The monoisotopic (exact) mass is 441 g/mol. The molecule has 1 aliphatic rings. The minimum absolute atomic E-state index is 0.0449. The van der Waals surface area contributed by atoms with Crippen LogP contribution in [-0.2, 0) is 6.42 Å². The van der Waals surface area contributed by atoms with Gasteiger partial charge in [0.15, 0.2) is 16.6 Å². The fourth-order valence-electron chi connectivity index (χ4n) is 3.90. The highest BCUT2D eigenvalue weighted by Gasteiger charge is 2.26. The number of carbonyl (C=O) groups is 1. The predicted octanol–water partition coefficient (Wildman–Crippen LogP) is 3.85.